The third-order valence-electron chi connectivity index (χ3n) is 8.22. The van der Waals surface area contributed by atoms with Crippen LogP contribution in [0.2, 0.25) is 0 Å². The molecule has 0 aliphatic carbocycles. The first-order chi connectivity index (χ1) is 21.5. The fraction of sp³-hybridized carbons (Fsp3) is 0.167. The minimum absolute atomic E-state index is 0.103. The number of carbonyl (C=O) groups excluding carboxylic acids is 2. The topological polar surface area (TPSA) is 87.1 Å². The summed E-state index contributed by atoms with van der Waals surface area (Å²) in [5.74, 6) is 0.139. The Hall–Kier alpha value is -5.50. The van der Waals surface area contributed by atoms with E-state index in [1.165, 1.54) is 0 Å². The normalized spacial score (nSPS) is 14.4. The largest absolute Gasteiger partial charge is 0.361 e. The maximum absolute atomic E-state index is 14.8. The Morgan fingerprint density at radius 2 is 1.50 bits per heavy atom. The van der Waals surface area contributed by atoms with Crippen LogP contribution < -0.4 is 9.80 Å². The Morgan fingerprint density at radius 1 is 0.841 bits per heavy atom. The van der Waals surface area contributed by atoms with E-state index in [0.29, 0.717) is 23.8 Å². The highest BCUT2D eigenvalue weighted by molar-refractivity contribution is 6.07. The fourth-order valence-electron chi connectivity index (χ4n) is 6.22. The van der Waals surface area contributed by atoms with Crippen LogP contribution in [0.25, 0.3) is 28.0 Å². The van der Waals surface area contributed by atoms with Crippen molar-refractivity contribution >= 4 is 34.1 Å². The van der Waals surface area contributed by atoms with Crippen molar-refractivity contribution < 1.29 is 9.59 Å². The van der Waals surface area contributed by atoms with Gasteiger partial charge in [-0.25, -0.2) is 0 Å². The summed E-state index contributed by atoms with van der Waals surface area (Å²) >= 11 is 0. The van der Waals surface area contributed by atoms with E-state index in [1.807, 2.05) is 128 Å². The maximum atomic E-state index is 14.8. The molecule has 4 aromatic carbocycles. The van der Waals surface area contributed by atoms with Gasteiger partial charge in [0.25, 0.3) is 0 Å². The molecule has 1 atom stereocenters. The number of hydrogen-bond acceptors (Lipinski definition) is 4. The van der Waals surface area contributed by atoms with Crippen molar-refractivity contribution in [3.05, 3.63) is 127 Å². The lowest BCUT2D eigenvalue weighted by Crippen LogP contribution is -2.47. The van der Waals surface area contributed by atoms with E-state index >= 15 is 0 Å². The Bertz CT molecular complexity index is 1960. The molecule has 44 heavy (non-hydrogen) atoms. The molecule has 0 saturated carbocycles. The van der Waals surface area contributed by atoms with Gasteiger partial charge < -0.3 is 14.8 Å². The molecule has 0 bridgehead atoms. The number of nitrogens with one attached hydrogen (secondary N) is 1. The number of fused-ring (bicyclic) bond motifs is 4. The second kappa shape index (κ2) is 11.3. The van der Waals surface area contributed by atoms with Gasteiger partial charge in [-0.15, -0.1) is 10.2 Å². The molecule has 218 valence electrons. The number of amides is 2. The Labute approximate surface area is 255 Å². The number of carbonyl (C=O) groups is 2. The molecule has 1 aliphatic rings. The van der Waals surface area contributed by atoms with Crippen molar-refractivity contribution in [3.8, 4) is 17.1 Å². The number of rotatable bonds is 7. The summed E-state index contributed by atoms with van der Waals surface area (Å²) in [7, 11) is 0. The third-order valence-corrected chi connectivity index (χ3v) is 8.22. The van der Waals surface area contributed by atoms with E-state index in [1.54, 1.807) is 9.80 Å². The first kappa shape index (κ1) is 27.3. The van der Waals surface area contributed by atoms with Crippen LogP contribution in [0.1, 0.15) is 31.2 Å². The van der Waals surface area contributed by atoms with Gasteiger partial charge in [0.1, 0.15) is 12.5 Å². The standard InChI is InChI=1S/C36H32N6O2/c1-24(2)41(27-15-7-4-8-16-27)33(43)23-40-31-19-11-12-20-32(31)42-34(25-13-5-3-6-14-25)38-39-35(42)29(36(40)44)21-26-22-37-30-18-10-9-17-28(26)30/h3-20,22,24,29,37H,21,23H2,1-2H3. The molecule has 7 rings (SSSR count). The van der Waals surface area contributed by atoms with Crippen LogP contribution in [0, 0.1) is 0 Å². The second-order valence-corrected chi connectivity index (χ2v) is 11.3. The molecule has 3 heterocycles. The molecular weight excluding hydrogens is 548 g/mol. The molecule has 2 aromatic heterocycles. The molecule has 8 heteroatoms. The number of anilines is 2. The van der Waals surface area contributed by atoms with Gasteiger partial charge >= 0.3 is 0 Å². The maximum Gasteiger partial charge on any atom is 0.247 e. The summed E-state index contributed by atoms with van der Waals surface area (Å²) in [5.41, 5.74) is 5.08. The van der Waals surface area contributed by atoms with Crippen LogP contribution in [0.5, 0.6) is 0 Å². The third kappa shape index (κ3) is 4.74. The first-order valence-electron chi connectivity index (χ1n) is 14.8. The molecule has 0 saturated heterocycles. The summed E-state index contributed by atoms with van der Waals surface area (Å²) in [6, 6.07) is 35.1. The van der Waals surface area contributed by atoms with Crippen molar-refractivity contribution in [2.24, 2.45) is 0 Å². The van der Waals surface area contributed by atoms with Crippen LogP contribution in [0.15, 0.2) is 115 Å². The van der Waals surface area contributed by atoms with Gasteiger partial charge in [0, 0.05) is 34.4 Å². The van der Waals surface area contributed by atoms with Crippen molar-refractivity contribution in [3.63, 3.8) is 0 Å². The average molecular weight is 581 g/mol. The number of H-pyrrole nitrogens is 1. The molecule has 1 aliphatic heterocycles. The SMILES string of the molecule is CC(C)N(C(=O)CN1C(=O)C(Cc2c[nH]c3ccccc23)c2nnc(-c3ccccc3)n2-c2ccccc21)c1ccccc1. The van der Waals surface area contributed by atoms with E-state index in [9.17, 15) is 9.59 Å². The monoisotopic (exact) mass is 580 g/mol. The molecular formula is C36H32N6O2. The van der Waals surface area contributed by atoms with Gasteiger partial charge in [0.15, 0.2) is 11.6 Å². The van der Waals surface area contributed by atoms with E-state index in [2.05, 4.69) is 21.2 Å². The molecule has 8 nitrogen and oxygen atoms in total. The van der Waals surface area contributed by atoms with Crippen LogP contribution in [-0.2, 0) is 16.0 Å². The van der Waals surface area contributed by atoms with Crippen molar-refractivity contribution in [2.45, 2.75) is 32.2 Å². The van der Waals surface area contributed by atoms with Gasteiger partial charge in [0.2, 0.25) is 11.8 Å². The predicted octanol–water partition coefficient (Wildman–Crippen LogP) is 6.53. The summed E-state index contributed by atoms with van der Waals surface area (Å²) < 4.78 is 1.99. The van der Waals surface area contributed by atoms with Gasteiger partial charge in [-0.3, -0.25) is 14.2 Å². The lowest BCUT2D eigenvalue weighted by molar-refractivity contribution is -0.123. The smallest absolute Gasteiger partial charge is 0.247 e. The van der Waals surface area contributed by atoms with Crippen LogP contribution in [0.3, 0.4) is 0 Å². The van der Waals surface area contributed by atoms with Gasteiger partial charge in [-0.05, 0) is 56.2 Å². The number of nitrogens with zero attached hydrogens (tertiary/aromatic N) is 5. The van der Waals surface area contributed by atoms with Crippen molar-refractivity contribution in [1.29, 1.82) is 0 Å². The molecule has 0 spiro atoms. The zero-order valence-electron chi connectivity index (χ0n) is 24.6. The number of para-hydroxylation sites is 4. The second-order valence-electron chi connectivity index (χ2n) is 11.3. The molecule has 1 unspecified atom stereocenters. The number of benzene rings is 4. The van der Waals surface area contributed by atoms with E-state index < -0.39 is 5.92 Å². The van der Waals surface area contributed by atoms with Gasteiger partial charge in [-0.2, -0.15) is 0 Å². The quantitative estimate of drug-likeness (QED) is 0.233. The lowest BCUT2D eigenvalue weighted by Gasteiger charge is -2.31. The van der Waals surface area contributed by atoms with Crippen LogP contribution in [0.4, 0.5) is 11.4 Å². The molecule has 6 aromatic rings. The minimum Gasteiger partial charge on any atom is -0.361 e. The highest BCUT2D eigenvalue weighted by Gasteiger charge is 2.39. The lowest BCUT2D eigenvalue weighted by atomic mass is 9.96. The molecule has 0 radical (unpaired) electrons. The summed E-state index contributed by atoms with van der Waals surface area (Å²) in [6.07, 6.45) is 2.35. The van der Waals surface area contributed by atoms with E-state index in [-0.39, 0.29) is 24.4 Å². The molecule has 0 fully saturated rings. The number of aromatic nitrogens is 4. The molecule has 2 amide bonds. The number of hydrogen-bond donors (Lipinski definition) is 1. The van der Waals surface area contributed by atoms with E-state index in [4.69, 9.17) is 0 Å². The van der Waals surface area contributed by atoms with Crippen molar-refractivity contribution in [2.75, 3.05) is 16.3 Å². The van der Waals surface area contributed by atoms with Gasteiger partial charge in [0.05, 0.1) is 11.4 Å². The van der Waals surface area contributed by atoms with E-state index in [0.717, 1.165) is 33.4 Å². The van der Waals surface area contributed by atoms with Crippen LogP contribution in [-0.4, -0.2) is 44.1 Å². The average Bonchev–Trinajstić information content (AvgIpc) is 3.65. The highest BCUT2D eigenvalue weighted by Crippen LogP contribution is 2.39. The first-order valence-corrected chi connectivity index (χ1v) is 14.8. The Balaban J connectivity index is 1.38. The summed E-state index contributed by atoms with van der Waals surface area (Å²) in [6.45, 7) is 3.85. The van der Waals surface area contributed by atoms with Crippen LogP contribution >= 0.6 is 0 Å². The highest BCUT2D eigenvalue weighted by atomic mass is 16.2. The minimum atomic E-state index is -0.691. The summed E-state index contributed by atoms with van der Waals surface area (Å²) in [4.78, 5) is 35.7. The zero-order valence-corrected chi connectivity index (χ0v) is 24.6. The van der Waals surface area contributed by atoms with Gasteiger partial charge in [-0.1, -0.05) is 78.9 Å². The zero-order chi connectivity index (χ0) is 30.2. The predicted molar refractivity (Wildman–Crippen MR) is 173 cm³/mol. The van der Waals surface area contributed by atoms with Crippen molar-refractivity contribution in [1.82, 2.24) is 19.7 Å². The molecule has 1 N–H and O–H groups in total. The fourth-order valence-corrected chi connectivity index (χ4v) is 6.22. The Kier molecular flexibility index (Phi) is 7.02. The summed E-state index contributed by atoms with van der Waals surface area (Å²) in [5, 5.41) is 10.3. The number of aromatic amines is 1. The Morgan fingerprint density at radius 3 is 2.25 bits per heavy atom.